The van der Waals surface area contributed by atoms with E-state index in [1.165, 1.54) is 12.1 Å². The minimum Gasteiger partial charge on any atom is -0.368 e. The van der Waals surface area contributed by atoms with Crippen molar-refractivity contribution in [1.82, 2.24) is 9.78 Å². The molecule has 0 atom stereocenters. The Morgan fingerprint density at radius 3 is 2.52 bits per heavy atom. The van der Waals surface area contributed by atoms with Crippen molar-refractivity contribution in [1.29, 1.82) is 5.41 Å². The fourth-order valence-corrected chi connectivity index (χ4v) is 3.00. The summed E-state index contributed by atoms with van der Waals surface area (Å²) in [4.78, 5) is 23.0. The lowest BCUT2D eigenvalue weighted by Gasteiger charge is -2.04. The van der Waals surface area contributed by atoms with Gasteiger partial charge in [0.2, 0.25) is 5.96 Å². The summed E-state index contributed by atoms with van der Waals surface area (Å²) in [5.74, 6) is -0.412. The Labute approximate surface area is 154 Å². The summed E-state index contributed by atoms with van der Waals surface area (Å²) in [6.45, 7) is 2.00. The monoisotopic (exact) mass is 365 g/mol. The predicted molar refractivity (Wildman–Crippen MR) is 103 cm³/mol. The van der Waals surface area contributed by atoms with Crippen molar-refractivity contribution in [2.45, 2.75) is 19.8 Å². The number of benzene rings is 2. The number of aromatic nitrogens is 2. The summed E-state index contributed by atoms with van der Waals surface area (Å²) in [6, 6.07) is 13.9. The summed E-state index contributed by atoms with van der Waals surface area (Å²) in [7, 11) is 0. The molecule has 0 bridgehead atoms. The lowest BCUT2D eigenvalue weighted by atomic mass is 10.0. The summed E-state index contributed by atoms with van der Waals surface area (Å²) in [5.41, 5.74) is 8.93. The van der Waals surface area contributed by atoms with E-state index in [-0.39, 0.29) is 11.2 Å². The molecule has 0 aliphatic rings. The van der Waals surface area contributed by atoms with Crippen LogP contribution in [0.5, 0.6) is 0 Å². The largest absolute Gasteiger partial charge is 0.368 e. The number of hydrogen-bond donors (Lipinski definition) is 3. The molecule has 0 fully saturated rings. The molecular formula is C19H19N5O3. The number of nitrogens with two attached hydrogens (primary N) is 1. The van der Waals surface area contributed by atoms with Crippen molar-refractivity contribution in [2.75, 3.05) is 0 Å². The number of nitro groups is 1. The Balaban J connectivity index is 2.00. The van der Waals surface area contributed by atoms with Gasteiger partial charge < -0.3 is 5.73 Å². The number of nitro benzene ring substituents is 1. The van der Waals surface area contributed by atoms with E-state index in [0.29, 0.717) is 29.7 Å². The fourth-order valence-electron chi connectivity index (χ4n) is 3.00. The van der Waals surface area contributed by atoms with Crippen LogP contribution in [-0.2, 0) is 12.8 Å². The summed E-state index contributed by atoms with van der Waals surface area (Å²) in [5, 5.41) is 21.3. The van der Waals surface area contributed by atoms with Crippen molar-refractivity contribution >= 4 is 11.6 Å². The van der Waals surface area contributed by atoms with Crippen LogP contribution in [0.3, 0.4) is 0 Å². The minimum atomic E-state index is -0.480. The Bertz CT molecular complexity index is 1060. The standard InChI is InChI=1S/C19H19N5O3/c1-12-3-2-4-13(11-12)5-10-16-17(22-23(18(16)25)19(20)21)14-6-8-15(9-7-14)24(26)27/h2-4,6-9,11,22H,5,10H2,1H3,(H3,20,21). The normalized spacial score (nSPS) is 10.7. The fraction of sp³-hybridized carbons (Fsp3) is 0.158. The zero-order valence-electron chi connectivity index (χ0n) is 14.7. The molecule has 0 saturated heterocycles. The lowest BCUT2D eigenvalue weighted by molar-refractivity contribution is -0.384. The van der Waals surface area contributed by atoms with Crippen LogP contribution < -0.4 is 11.3 Å². The first-order chi connectivity index (χ1) is 12.9. The molecule has 8 heteroatoms. The maximum atomic E-state index is 12.7. The van der Waals surface area contributed by atoms with Crippen LogP contribution in [0.2, 0.25) is 0 Å². The highest BCUT2D eigenvalue weighted by atomic mass is 16.6. The smallest absolute Gasteiger partial charge is 0.277 e. The number of nitrogens with one attached hydrogen (secondary N) is 2. The highest BCUT2D eigenvalue weighted by Gasteiger charge is 2.18. The molecule has 0 spiro atoms. The van der Waals surface area contributed by atoms with E-state index in [1.54, 1.807) is 12.1 Å². The van der Waals surface area contributed by atoms with Crippen LogP contribution >= 0.6 is 0 Å². The second kappa shape index (κ2) is 7.28. The van der Waals surface area contributed by atoms with E-state index in [1.807, 2.05) is 25.1 Å². The average Bonchev–Trinajstić information content (AvgIpc) is 2.97. The number of H-pyrrole nitrogens is 1. The predicted octanol–water partition coefficient (Wildman–Crippen LogP) is 2.59. The topological polar surface area (TPSA) is 131 Å². The van der Waals surface area contributed by atoms with Crippen molar-refractivity contribution in [2.24, 2.45) is 5.73 Å². The van der Waals surface area contributed by atoms with E-state index in [4.69, 9.17) is 11.1 Å². The van der Waals surface area contributed by atoms with Gasteiger partial charge in [0.1, 0.15) is 0 Å². The van der Waals surface area contributed by atoms with Gasteiger partial charge >= 0.3 is 0 Å². The Hall–Kier alpha value is -3.68. The van der Waals surface area contributed by atoms with Crippen LogP contribution in [0.4, 0.5) is 5.69 Å². The number of aryl methyl sites for hydroxylation is 2. The molecule has 4 N–H and O–H groups in total. The summed E-state index contributed by atoms with van der Waals surface area (Å²) in [6.07, 6.45) is 1.10. The lowest BCUT2D eigenvalue weighted by Crippen LogP contribution is -2.31. The Morgan fingerprint density at radius 2 is 1.93 bits per heavy atom. The SMILES string of the molecule is Cc1cccc(CCc2c(-c3ccc([N+](=O)[O-])cc3)[nH]n(C(=N)N)c2=O)c1. The highest BCUT2D eigenvalue weighted by molar-refractivity contribution is 5.78. The molecule has 1 aromatic heterocycles. The van der Waals surface area contributed by atoms with Crippen molar-refractivity contribution in [3.05, 3.63) is 85.7 Å². The summed E-state index contributed by atoms with van der Waals surface area (Å²) < 4.78 is 0.975. The first-order valence-electron chi connectivity index (χ1n) is 8.35. The van der Waals surface area contributed by atoms with E-state index >= 15 is 0 Å². The molecule has 0 unspecified atom stereocenters. The Kier molecular flexibility index (Phi) is 4.89. The van der Waals surface area contributed by atoms with Gasteiger partial charge in [0.05, 0.1) is 10.6 Å². The van der Waals surface area contributed by atoms with Crippen LogP contribution in [0.15, 0.2) is 53.3 Å². The molecule has 0 amide bonds. The average molecular weight is 365 g/mol. The Morgan fingerprint density at radius 1 is 1.22 bits per heavy atom. The minimum absolute atomic E-state index is 0.0339. The number of rotatable bonds is 5. The number of hydrogen-bond acceptors (Lipinski definition) is 4. The quantitative estimate of drug-likeness (QED) is 0.277. The van der Waals surface area contributed by atoms with E-state index in [2.05, 4.69) is 11.2 Å². The molecule has 3 rings (SSSR count). The van der Waals surface area contributed by atoms with E-state index in [0.717, 1.165) is 15.8 Å². The van der Waals surface area contributed by atoms with Gasteiger partial charge in [-0.3, -0.25) is 25.4 Å². The van der Waals surface area contributed by atoms with Gasteiger partial charge in [-0.2, -0.15) is 4.68 Å². The van der Waals surface area contributed by atoms with Crippen molar-refractivity contribution < 1.29 is 4.92 Å². The second-order valence-electron chi connectivity index (χ2n) is 6.28. The first-order valence-corrected chi connectivity index (χ1v) is 8.35. The van der Waals surface area contributed by atoms with Gasteiger partial charge in [-0.1, -0.05) is 29.8 Å². The van der Waals surface area contributed by atoms with Gasteiger partial charge in [-0.05, 0) is 37.5 Å². The molecule has 2 aromatic carbocycles. The van der Waals surface area contributed by atoms with Crippen LogP contribution in [-0.4, -0.2) is 20.7 Å². The van der Waals surface area contributed by atoms with Crippen molar-refractivity contribution in [3.8, 4) is 11.3 Å². The van der Waals surface area contributed by atoms with Gasteiger partial charge in [0.15, 0.2) is 0 Å². The molecule has 0 radical (unpaired) electrons. The van der Waals surface area contributed by atoms with Gasteiger partial charge in [-0.25, -0.2) is 0 Å². The second-order valence-corrected chi connectivity index (χ2v) is 6.28. The zero-order chi connectivity index (χ0) is 19.6. The van der Waals surface area contributed by atoms with Crippen LogP contribution in [0.1, 0.15) is 16.7 Å². The number of nitrogens with zero attached hydrogens (tertiary/aromatic N) is 2. The molecule has 27 heavy (non-hydrogen) atoms. The number of nitrogen functional groups attached to an aromatic ring is 1. The van der Waals surface area contributed by atoms with Gasteiger partial charge in [0, 0.05) is 23.3 Å². The maximum Gasteiger partial charge on any atom is 0.277 e. The third-order valence-corrected chi connectivity index (χ3v) is 4.34. The molecule has 0 aliphatic carbocycles. The highest BCUT2D eigenvalue weighted by Crippen LogP contribution is 2.23. The van der Waals surface area contributed by atoms with Gasteiger partial charge in [0.25, 0.3) is 11.2 Å². The zero-order valence-corrected chi connectivity index (χ0v) is 14.7. The maximum absolute atomic E-state index is 12.7. The van der Waals surface area contributed by atoms with Gasteiger partial charge in [-0.15, -0.1) is 0 Å². The third-order valence-electron chi connectivity index (χ3n) is 4.34. The summed E-state index contributed by atoms with van der Waals surface area (Å²) >= 11 is 0. The van der Waals surface area contributed by atoms with Crippen LogP contribution in [0.25, 0.3) is 11.3 Å². The van der Waals surface area contributed by atoms with Crippen molar-refractivity contribution in [3.63, 3.8) is 0 Å². The number of aromatic amines is 1. The molecular weight excluding hydrogens is 346 g/mol. The van der Waals surface area contributed by atoms with Crippen LogP contribution in [0, 0.1) is 22.4 Å². The molecule has 8 nitrogen and oxygen atoms in total. The molecule has 0 aliphatic heterocycles. The first kappa shape index (κ1) is 18.1. The van der Waals surface area contributed by atoms with E-state index in [9.17, 15) is 14.9 Å². The third kappa shape index (κ3) is 3.79. The van der Waals surface area contributed by atoms with E-state index < -0.39 is 10.9 Å². The molecule has 1 heterocycles. The molecule has 0 saturated carbocycles. The number of non-ortho nitro benzene ring substituents is 1. The molecule has 138 valence electrons. The molecule has 3 aromatic rings.